The summed E-state index contributed by atoms with van der Waals surface area (Å²) in [5, 5.41) is 13.4. The quantitative estimate of drug-likeness (QED) is 0.870. The summed E-state index contributed by atoms with van der Waals surface area (Å²) >= 11 is 0. The molecular formula is C18H24F3N3O2. The molecule has 0 radical (unpaired) electrons. The Morgan fingerprint density at radius 2 is 1.96 bits per heavy atom. The molecule has 3 aliphatic rings. The van der Waals surface area contributed by atoms with E-state index in [0.29, 0.717) is 31.6 Å². The molecule has 2 heterocycles. The fraction of sp³-hybridized carbons (Fsp3) is 0.778. The van der Waals surface area contributed by atoms with Crippen molar-refractivity contribution in [2.24, 2.45) is 18.4 Å². The maximum Gasteiger partial charge on any atom is 0.435 e. The summed E-state index contributed by atoms with van der Waals surface area (Å²) in [6.45, 7) is 3.12. The SMILES string of the molecule is Cn1nc(C(F)(F)F)cc1C1CCC2(C1)CN(C(=O)[C@H]1C[C@@](C)(O)C1)C2. The van der Waals surface area contributed by atoms with Gasteiger partial charge in [0.05, 0.1) is 5.60 Å². The zero-order valence-electron chi connectivity index (χ0n) is 15.0. The van der Waals surface area contributed by atoms with Crippen LogP contribution in [0, 0.1) is 11.3 Å². The number of carbonyl (C=O) groups excluding carboxylic acids is 1. The number of nitrogens with zero attached hydrogens (tertiary/aromatic N) is 3. The highest BCUT2D eigenvalue weighted by molar-refractivity contribution is 5.81. The second kappa shape index (κ2) is 5.47. The van der Waals surface area contributed by atoms with Crippen LogP contribution in [0.3, 0.4) is 0 Å². The van der Waals surface area contributed by atoms with Gasteiger partial charge in [-0.1, -0.05) is 0 Å². The molecule has 0 aromatic carbocycles. The molecule has 2 aliphatic carbocycles. The summed E-state index contributed by atoms with van der Waals surface area (Å²) in [6.07, 6.45) is -0.820. The lowest BCUT2D eigenvalue weighted by Gasteiger charge is -2.52. The van der Waals surface area contributed by atoms with Crippen LogP contribution >= 0.6 is 0 Å². The van der Waals surface area contributed by atoms with E-state index in [9.17, 15) is 23.1 Å². The van der Waals surface area contributed by atoms with Gasteiger partial charge in [0.1, 0.15) is 0 Å². The molecule has 0 bridgehead atoms. The minimum atomic E-state index is -4.42. The largest absolute Gasteiger partial charge is 0.435 e. The molecule has 1 saturated heterocycles. The van der Waals surface area contributed by atoms with Crippen LogP contribution in [0.5, 0.6) is 0 Å². The number of carbonyl (C=O) groups is 1. The number of alkyl halides is 3. The Bertz CT molecular complexity index is 727. The van der Waals surface area contributed by atoms with Crippen molar-refractivity contribution in [2.75, 3.05) is 13.1 Å². The van der Waals surface area contributed by atoms with Crippen LogP contribution in [0.25, 0.3) is 0 Å². The molecule has 3 fully saturated rings. The summed E-state index contributed by atoms with van der Waals surface area (Å²) in [7, 11) is 1.56. The third-order valence-corrected chi connectivity index (χ3v) is 6.41. The summed E-state index contributed by atoms with van der Waals surface area (Å²) < 4.78 is 40.0. The fourth-order valence-corrected chi connectivity index (χ4v) is 5.10. The highest BCUT2D eigenvalue weighted by Gasteiger charge is 2.53. The van der Waals surface area contributed by atoms with Crippen LogP contribution in [0.2, 0.25) is 0 Å². The molecule has 1 aromatic heterocycles. The smallest absolute Gasteiger partial charge is 0.390 e. The van der Waals surface area contributed by atoms with Crippen LogP contribution in [0.4, 0.5) is 13.2 Å². The Morgan fingerprint density at radius 1 is 1.31 bits per heavy atom. The Balaban J connectivity index is 1.37. The molecule has 144 valence electrons. The van der Waals surface area contributed by atoms with Crippen LogP contribution < -0.4 is 0 Å². The molecule has 5 nitrogen and oxygen atoms in total. The van der Waals surface area contributed by atoms with Gasteiger partial charge in [0.2, 0.25) is 5.91 Å². The molecule has 26 heavy (non-hydrogen) atoms. The van der Waals surface area contributed by atoms with Gasteiger partial charge in [0.15, 0.2) is 5.69 Å². The van der Waals surface area contributed by atoms with Crippen molar-refractivity contribution in [3.63, 3.8) is 0 Å². The molecule has 1 spiro atoms. The summed E-state index contributed by atoms with van der Waals surface area (Å²) in [4.78, 5) is 14.3. The molecule has 1 aliphatic heterocycles. The molecule has 1 atom stereocenters. The van der Waals surface area contributed by atoms with Crippen molar-refractivity contribution in [1.29, 1.82) is 0 Å². The van der Waals surface area contributed by atoms with Crippen molar-refractivity contribution in [3.8, 4) is 0 Å². The minimum Gasteiger partial charge on any atom is -0.390 e. The number of hydrogen-bond donors (Lipinski definition) is 1. The van der Waals surface area contributed by atoms with E-state index in [1.807, 2.05) is 4.90 Å². The van der Waals surface area contributed by atoms with Crippen LogP contribution in [0.1, 0.15) is 56.3 Å². The van der Waals surface area contributed by atoms with Crippen LogP contribution in [0.15, 0.2) is 6.07 Å². The van der Waals surface area contributed by atoms with Crippen LogP contribution in [-0.4, -0.2) is 44.4 Å². The first-order valence-corrected chi connectivity index (χ1v) is 9.10. The first-order valence-electron chi connectivity index (χ1n) is 9.10. The number of aromatic nitrogens is 2. The van der Waals surface area contributed by atoms with Crippen molar-refractivity contribution in [1.82, 2.24) is 14.7 Å². The molecule has 2 saturated carbocycles. The molecule has 1 unspecified atom stereocenters. The lowest BCUT2D eigenvalue weighted by atomic mass is 9.69. The standard InChI is InChI=1S/C18H24F3N3O2/c1-16(26)6-12(7-16)15(25)24-9-17(10-24)4-3-11(8-17)13-5-14(18(19,20)21)22-23(13)2/h5,11-12,26H,3-4,6-10H2,1-2H3/t11?,12-,16+. The zero-order chi connectivity index (χ0) is 18.9. The number of halogens is 3. The Hall–Kier alpha value is -1.57. The van der Waals surface area contributed by atoms with E-state index >= 15 is 0 Å². The van der Waals surface area contributed by atoms with Gasteiger partial charge in [-0.3, -0.25) is 9.48 Å². The van der Waals surface area contributed by atoms with Gasteiger partial charge in [-0.05, 0) is 45.1 Å². The predicted octanol–water partition coefficient (Wildman–Crippen LogP) is 2.70. The van der Waals surface area contributed by atoms with Gasteiger partial charge in [0.25, 0.3) is 0 Å². The molecule has 8 heteroatoms. The monoisotopic (exact) mass is 371 g/mol. The number of aliphatic hydroxyl groups is 1. The third-order valence-electron chi connectivity index (χ3n) is 6.41. The van der Waals surface area contributed by atoms with Gasteiger partial charge < -0.3 is 10.0 Å². The second-order valence-electron chi connectivity index (χ2n) is 8.81. The van der Waals surface area contributed by atoms with Crippen molar-refractivity contribution in [2.45, 2.75) is 56.7 Å². The Kier molecular flexibility index (Phi) is 3.75. The molecule has 1 amide bonds. The highest BCUT2D eigenvalue weighted by Crippen LogP contribution is 2.53. The van der Waals surface area contributed by atoms with Crippen molar-refractivity contribution < 1.29 is 23.1 Å². The van der Waals surface area contributed by atoms with Gasteiger partial charge in [-0.15, -0.1) is 0 Å². The first kappa shape index (κ1) is 17.8. The minimum absolute atomic E-state index is 0.0370. The summed E-state index contributed by atoms with van der Waals surface area (Å²) in [5.74, 6) is 0.0988. The van der Waals surface area contributed by atoms with Crippen molar-refractivity contribution >= 4 is 5.91 Å². The van der Waals surface area contributed by atoms with E-state index in [4.69, 9.17) is 0 Å². The number of amides is 1. The van der Waals surface area contributed by atoms with E-state index < -0.39 is 17.5 Å². The predicted molar refractivity (Wildman–Crippen MR) is 87.2 cm³/mol. The van der Waals surface area contributed by atoms with E-state index in [1.54, 1.807) is 14.0 Å². The average molecular weight is 371 g/mol. The average Bonchev–Trinajstić information content (AvgIpc) is 3.05. The normalized spacial score (nSPS) is 33.2. The first-order chi connectivity index (χ1) is 12.0. The van der Waals surface area contributed by atoms with E-state index in [2.05, 4.69) is 5.10 Å². The zero-order valence-corrected chi connectivity index (χ0v) is 15.0. The lowest BCUT2D eigenvalue weighted by Crippen LogP contribution is -2.61. The van der Waals surface area contributed by atoms with Gasteiger partial charge in [-0.25, -0.2) is 0 Å². The topological polar surface area (TPSA) is 58.4 Å². The van der Waals surface area contributed by atoms with E-state index in [0.717, 1.165) is 19.3 Å². The van der Waals surface area contributed by atoms with Gasteiger partial charge in [0, 0.05) is 43.1 Å². The number of aryl methyl sites for hydroxylation is 1. The van der Waals surface area contributed by atoms with Crippen molar-refractivity contribution in [3.05, 3.63) is 17.5 Å². The number of likely N-dealkylation sites (tertiary alicyclic amines) is 1. The number of hydrogen-bond acceptors (Lipinski definition) is 3. The third kappa shape index (κ3) is 2.92. The molecular weight excluding hydrogens is 347 g/mol. The lowest BCUT2D eigenvalue weighted by molar-refractivity contribution is -0.161. The second-order valence-corrected chi connectivity index (χ2v) is 8.81. The van der Waals surface area contributed by atoms with E-state index in [1.165, 1.54) is 10.7 Å². The molecule has 4 rings (SSSR count). The van der Waals surface area contributed by atoms with Crippen LogP contribution in [-0.2, 0) is 18.0 Å². The molecule has 1 N–H and O–H groups in total. The highest BCUT2D eigenvalue weighted by atomic mass is 19.4. The maximum absolute atomic E-state index is 12.9. The van der Waals surface area contributed by atoms with Gasteiger partial charge >= 0.3 is 6.18 Å². The Labute approximate surface area is 150 Å². The summed E-state index contributed by atoms with van der Waals surface area (Å²) in [5.41, 5.74) is -0.876. The fourth-order valence-electron chi connectivity index (χ4n) is 5.10. The Morgan fingerprint density at radius 3 is 2.50 bits per heavy atom. The van der Waals surface area contributed by atoms with Gasteiger partial charge in [-0.2, -0.15) is 18.3 Å². The van der Waals surface area contributed by atoms with E-state index in [-0.39, 0.29) is 23.2 Å². The maximum atomic E-state index is 12.9. The number of rotatable bonds is 2. The summed E-state index contributed by atoms with van der Waals surface area (Å²) in [6, 6.07) is 1.17. The molecule has 1 aromatic rings.